The molecule has 0 saturated carbocycles. The topological polar surface area (TPSA) is 45.7 Å². The smallest absolute Gasteiger partial charge is 0.223 e. The van der Waals surface area contributed by atoms with Crippen molar-refractivity contribution in [1.29, 1.82) is 0 Å². The summed E-state index contributed by atoms with van der Waals surface area (Å²) in [7, 11) is 1.74. The second kappa shape index (κ2) is 6.42. The lowest BCUT2D eigenvalue weighted by Crippen LogP contribution is -2.52. The van der Waals surface area contributed by atoms with Crippen LogP contribution in [0.4, 0.5) is 0 Å². The zero-order valence-corrected chi connectivity index (χ0v) is 13.6. The number of aromatic nitrogens is 1. The highest BCUT2D eigenvalue weighted by atomic mass is 32.1. The summed E-state index contributed by atoms with van der Waals surface area (Å²) < 4.78 is 5.20. The Morgan fingerprint density at radius 2 is 2.29 bits per heavy atom. The second-order valence-corrected chi connectivity index (χ2v) is 6.93. The van der Waals surface area contributed by atoms with Gasteiger partial charge in [0, 0.05) is 44.1 Å². The van der Waals surface area contributed by atoms with E-state index in [0.717, 1.165) is 43.2 Å². The molecule has 3 heterocycles. The van der Waals surface area contributed by atoms with Crippen molar-refractivity contribution in [3.05, 3.63) is 16.1 Å². The summed E-state index contributed by atoms with van der Waals surface area (Å²) >= 11 is 1.66. The Kier molecular flexibility index (Phi) is 4.57. The number of fused-ring (bicyclic) bond motifs is 1. The van der Waals surface area contributed by atoms with E-state index in [1.807, 2.05) is 6.92 Å². The first-order valence-electron chi connectivity index (χ1n) is 7.62. The highest BCUT2D eigenvalue weighted by Gasteiger charge is 2.42. The third kappa shape index (κ3) is 3.12. The molecule has 2 aliphatic heterocycles. The lowest BCUT2D eigenvalue weighted by atomic mass is 9.96. The standard InChI is InChI=1S/C15H23N3O2S/c1-11-16-12(10-21-11)9-18-14-5-6-17(7-8-20-2)13(14)3-4-15(18)19/h10,13-14H,3-9H2,1-2H3/t13-,14-/m1/s1. The fourth-order valence-corrected chi connectivity index (χ4v) is 4.19. The second-order valence-electron chi connectivity index (χ2n) is 5.87. The molecule has 1 amide bonds. The van der Waals surface area contributed by atoms with Gasteiger partial charge in [-0.1, -0.05) is 0 Å². The van der Waals surface area contributed by atoms with Crippen LogP contribution in [-0.2, 0) is 16.1 Å². The zero-order valence-electron chi connectivity index (χ0n) is 12.7. The van der Waals surface area contributed by atoms with Gasteiger partial charge in [-0.2, -0.15) is 0 Å². The number of carbonyl (C=O) groups excluding carboxylic acids is 1. The number of hydrogen-bond acceptors (Lipinski definition) is 5. The molecule has 1 aromatic heterocycles. The normalized spacial score (nSPS) is 26.4. The van der Waals surface area contributed by atoms with Gasteiger partial charge in [0.25, 0.3) is 0 Å². The van der Waals surface area contributed by atoms with Crippen molar-refractivity contribution in [1.82, 2.24) is 14.8 Å². The lowest BCUT2D eigenvalue weighted by molar-refractivity contribution is -0.138. The lowest BCUT2D eigenvalue weighted by Gasteiger charge is -2.39. The minimum atomic E-state index is 0.287. The van der Waals surface area contributed by atoms with Crippen molar-refractivity contribution in [2.24, 2.45) is 0 Å². The largest absolute Gasteiger partial charge is 0.383 e. The van der Waals surface area contributed by atoms with Gasteiger partial charge >= 0.3 is 0 Å². The molecular weight excluding hydrogens is 286 g/mol. The Balaban J connectivity index is 1.69. The van der Waals surface area contributed by atoms with Crippen molar-refractivity contribution < 1.29 is 9.53 Å². The van der Waals surface area contributed by atoms with Crippen LogP contribution in [0.3, 0.4) is 0 Å². The maximum atomic E-state index is 12.3. The Morgan fingerprint density at radius 1 is 1.43 bits per heavy atom. The third-order valence-corrected chi connectivity index (χ3v) is 5.40. The summed E-state index contributed by atoms with van der Waals surface area (Å²) in [5.41, 5.74) is 1.03. The van der Waals surface area contributed by atoms with E-state index in [4.69, 9.17) is 4.74 Å². The number of aryl methyl sites for hydroxylation is 1. The minimum absolute atomic E-state index is 0.287. The Hall–Kier alpha value is -0.980. The highest BCUT2D eigenvalue weighted by molar-refractivity contribution is 7.09. The SMILES string of the molecule is COCCN1CC[C@@H]2[C@H]1CCC(=O)N2Cc1csc(C)n1. The maximum Gasteiger partial charge on any atom is 0.223 e. The number of likely N-dealkylation sites (tertiary alicyclic amines) is 2. The number of piperidine rings is 1. The molecule has 2 saturated heterocycles. The van der Waals surface area contributed by atoms with Gasteiger partial charge in [0.05, 0.1) is 23.9 Å². The van der Waals surface area contributed by atoms with Crippen LogP contribution in [0.5, 0.6) is 0 Å². The molecular formula is C15H23N3O2S. The van der Waals surface area contributed by atoms with E-state index in [1.54, 1.807) is 18.4 Å². The predicted octanol–water partition coefficient (Wildman–Crippen LogP) is 1.66. The summed E-state index contributed by atoms with van der Waals surface area (Å²) in [6.45, 7) is 5.48. The van der Waals surface area contributed by atoms with E-state index in [0.29, 0.717) is 25.0 Å². The molecule has 21 heavy (non-hydrogen) atoms. The summed E-state index contributed by atoms with van der Waals surface area (Å²) in [5.74, 6) is 0.287. The van der Waals surface area contributed by atoms with Crippen molar-refractivity contribution in [2.45, 2.75) is 44.8 Å². The van der Waals surface area contributed by atoms with Gasteiger partial charge < -0.3 is 9.64 Å². The zero-order chi connectivity index (χ0) is 14.8. The van der Waals surface area contributed by atoms with Crippen LogP contribution in [-0.4, -0.2) is 59.6 Å². The van der Waals surface area contributed by atoms with Crippen LogP contribution in [0.25, 0.3) is 0 Å². The molecule has 3 rings (SSSR count). The first-order valence-corrected chi connectivity index (χ1v) is 8.50. The molecule has 2 fully saturated rings. The monoisotopic (exact) mass is 309 g/mol. The predicted molar refractivity (Wildman–Crippen MR) is 82.3 cm³/mol. The van der Waals surface area contributed by atoms with E-state index in [-0.39, 0.29) is 5.91 Å². The van der Waals surface area contributed by atoms with Gasteiger partial charge in [-0.05, 0) is 19.8 Å². The molecule has 1 aromatic rings. The van der Waals surface area contributed by atoms with Gasteiger partial charge in [0.15, 0.2) is 0 Å². The molecule has 2 aliphatic rings. The molecule has 0 aromatic carbocycles. The van der Waals surface area contributed by atoms with E-state index < -0.39 is 0 Å². The average Bonchev–Trinajstić information content (AvgIpc) is 3.06. The van der Waals surface area contributed by atoms with Crippen LogP contribution in [0.15, 0.2) is 5.38 Å². The number of methoxy groups -OCH3 is 1. The molecule has 116 valence electrons. The molecule has 0 radical (unpaired) electrons. The molecule has 6 heteroatoms. The highest BCUT2D eigenvalue weighted by Crippen LogP contribution is 2.32. The van der Waals surface area contributed by atoms with E-state index in [2.05, 4.69) is 20.2 Å². The van der Waals surface area contributed by atoms with Crippen LogP contribution in [0, 0.1) is 6.92 Å². The third-order valence-electron chi connectivity index (χ3n) is 4.58. The minimum Gasteiger partial charge on any atom is -0.383 e. The maximum absolute atomic E-state index is 12.3. The van der Waals surface area contributed by atoms with Gasteiger partial charge in [0.2, 0.25) is 5.91 Å². The van der Waals surface area contributed by atoms with Gasteiger partial charge in [-0.25, -0.2) is 4.98 Å². The van der Waals surface area contributed by atoms with Crippen LogP contribution in [0.1, 0.15) is 30.0 Å². The average molecular weight is 309 g/mol. The number of thiazole rings is 1. The Labute approximate surface area is 129 Å². The summed E-state index contributed by atoms with van der Waals surface area (Å²) in [6.07, 6.45) is 2.72. The number of nitrogens with zero attached hydrogens (tertiary/aromatic N) is 3. The van der Waals surface area contributed by atoms with Crippen LogP contribution < -0.4 is 0 Å². The van der Waals surface area contributed by atoms with Crippen LogP contribution >= 0.6 is 11.3 Å². The number of amides is 1. The van der Waals surface area contributed by atoms with E-state index in [1.165, 1.54) is 0 Å². The molecule has 0 unspecified atom stereocenters. The number of hydrogen-bond donors (Lipinski definition) is 0. The van der Waals surface area contributed by atoms with Crippen molar-refractivity contribution in [3.8, 4) is 0 Å². The molecule has 0 bridgehead atoms. The van der Waals surface area contributed by atoms with Gasteiger partial charge in [-0.3, -0.25) is 9.69 Å². The molecule has 0 spiro atoms. The summed E-state index contributed by atoms with van der Waals surface area (Å²) in [6, 6.07) is 0.850. The van der Waals surface area contributed by atoms with Crippen molar-refractivity contribution >= 4 is 17.2 Å². The summed E-state index contributed by atoms with van der Waals surface area (Å²) in [5, 5.41) is 3.14. The first-order chi connectivity index (χ1) is 10.2. The fraction of sp³-hybridized carbons (Fsp3) is 0.733. The fourth-order valence-electron chi connectivity index (χ4n) is 3.59. The summed E-state index contributed by atoms with van der Waals surface area (Å²) in [4.78, 5) is 21.4. The molecule has 0 aliphatic carbocycles. The van der Waals surface area contributed by atoms with Crippen LogP contribution in [0.2, 0.25) is 0 Å². The molecule has 2 atom stereocenters. The van der Waals surface area contributed by atoms with Gasteiger partial charge in [0.1, 0.15) is 0 Å². The molecule has 0 N–H and O–H groups in total. The quantitative estimate of drug-likeness (QED) is 0.830. The van der Waals surface area contributed by atoms with Crippen molar-refractivity contribution in [3.63, 3.8) is 0 Å². The first kappa shape index (κ1) is 14.9. The number of rotatable bonds is 5. The number of carbonyl (C=O) groups is 1. The van der Waals surface area contributed by atoms with E-state index >= 15 is 0 Å². The van der Waals surface area contributed by atoms with E-state index in [9.17, 15) is 4.79 Å². The Bertz CT molecular complexity index is 505. The molecule has 5 nitrogen and oxygen atoms in total. The number of ether oxygens (including phenoxy) is 1. The van der Waals surface area contributed by atoms with Crippen molar-refractivity contribution in [2.75, 3.05) is 26.8 Å². The Morgan fingerprint density at radius 3 is 3.00 bits per heavy atom. The van der Waals surface area contributed by atoms with Gasteiger partial charge in [-0.15, -0.1) is 11.3 Å².